The Morgan fingerprint density at radius 3 is 1.82 bits per heavy atom. The molecule has 0 atom stereocenters. The summed E-state index contributed by atoms with van der Waals surface area (Å²) in [5.41, 5.74) is 11.9. The molecule has 5 aromatic carbocycles. The molecule has 5 heteroatoms. The fourth-order valence-electron chi connectivity index (χ4n) is 7.76. The van der Waals surface area contributed by atoms with Gasteiger partial charge in [-0.05, 0) is 117 Å². The van der Waals surface area contributed by atoms with E-state index in [2.05, 4.69) is 212 Å². The zero-order valence-corrected chi connectivity index (χ0v) is 35.8. The van der Waals surface area contributed by atoms with E-state index >= 15 is 0 Å². The Labute approximate surface area is 338 Å². The molecule has 0 bridgehead atoms. The quantitative estimate of drug-likeness (QED) is 0.164. The maximum absolute atomic E-state index is 6.75. The summed E-state index contributed by atoms with van der Waals surface area (Å²) in [6, 6.07) is 41.8. The van der Waals surface area contributed by atoms with E-state index in [0.717, 1.165) is 50.8 Å². The lowest BCUT2D eigenvalue weighted by molar-refractivity contribution is -0.567. The van der Waals surface area contributed by atoms with Gasteiger partial charge in [0.2, 0.25) is 0 Å². The van der Waals surface area contributed by atoms with E-state index in [1.165, 1.54) is 33.0 Å². The number of benzene rings is 5. The summed E-state index contributed by atoms with van der Waals surface area (Å²) in [6.45, 7) is 27.3. The number of pyridine rings is 1. The second-order valence-corrected chi connectivity index (χ2v) is 19.9. The van der Waals surface area contributed by atoms with Gasteiger partial charge in [0.15, 0.2) is 11.0 Å². The summed E-state index contributed by atoms with van der Waals surface area (Å²) in [5.74, 6) is 2.44. The first kappa shape index (κ1) is 38.2. The van der Waals surface area contributed by atoms with Crippen LogP contribution in [0.25, 0.3) is 50.0 Å². The minimum atomic E-state index is -0.00864. The van der Waals surface area contributed by atoms with Crippen molar-refractivity contribution in [3.63, 3.8) is 0 Å². The standard InChI is InChI=1S/C52H57N4O/c1-49(2,3)34-20-23-44-43(29-34)42-22-21-41(32-47(42)56(44)48-30-35(24-25-53-48)50(4,5)6)57-40-17-15-16-38(31-40)54-33-55(46-19-14-13-18-45(46)54)39-27-36(51(7,8)9)26-37(28-39)52(10,11)12/h13-33H,1-12H3/q+1. The molecular formula is C52H57N4O+. The lowest BCUT2D eigenvalue weighted by Gasteiger charge is -2.25. The van der Waals surface area contributed by atoms with Gasteiger partial charge in [0.05, 0.1) is 11.0 Å². The average molecular weight is 754 g/mol. The van der Waals surface area contributed by atoms with Gasteiger partial charge in [0.25, 0.3) is 6.33 Å². The summed E-state index contributed by atoms with van der Waals surface area (Å²) < 4.78 is 13.6. The molecule has 0 saturated heterocycles. The number of fused-ring (bicyclic) bond motifs is 4. The molecule has 3 heterocycles. The molecule has 5 nitrogen and oxygen atoms in total. The number of imidazole rings is 1. The Balaban J connectivity index is 1.23. The fourth-order valence-corrected chi connectivity index (χ4v) is 7.76. The van der Waals surface area contributed by atoms with Crippen molar-refractivity contribution in [2.75, 3.05) is 0 Å². The predicted molar refractivity (Wildman–Crippen MR) is 238 cm³/mol. The Kier molecular flexibility index (Phi) is 9.03. The van der Waals surface area contributed by atoms with Crippen LogP contribution in [-0.4, -0.2) is 14.1 Å². The first-order valence-corrected chi connectivity index (χ1v) is 20.3. The number of ether oxygens (including phenoxy) is 1. The maximum Gasteiger partial charge on any atom is 0.255 e. The maximum atomic E-state index is 6.75. The molecule has 8 rings (SSSR count). The summed E-state index contributed by atoms with van der Waals surface area (Å²) in [4.78, 5) is 4.92. The van der Waals surface area contributed by atoms with Crippen LogP contribution in [0.3, 0.4) is 0 Å². The first-order chi connectivity index (χ1) is 26.8. The van der Waals surface area contributed by atoms with Gasteiger partial charge < -0.3 is 4.74 Å². The van der Waals surface area contributed by atoms with E-state index in [9.17, 15) is 0 Å². The van der Waals surface area contributed by atoms with Crippen LogP contribution in [0.4, 0.5) is 0 Å². The molecule has 8 aromatic rings. The van der Waals surface area contributed by atoms with Gasteiger partial charge in [-0.2, -0.15) is 9.13 Å². The van der Waals surface area contributed by atoms with Crippen molar-refractivity contribution in [1.29, 1.82) is 0 Å². The van der Waals surface area contributed by atoms with Gasteiger partial charge in [-0.1, -0.05) is 113 Å². The number of para-hydroxylation sites is 2. The zero-order chi connectivity index (χ0) is 40.7. The number of aromatic nitrogens is 4. The predicted octanol–water partition coefficient (Wildman–Crippen LogP) is 13.4. The molecule has 0 aliphatic rings. The van der Waals surface area contributed by atoms with Crippen LogP contribution in [0.5, 0.6) is 11.5 Å². The van der Waals surface area contributed by atoms with E-state index in [1.807, 2.05) is 12.3 Å². The van der Waals surface area contributed by atoms with Crippen molar-refractivity contribution in [3.8, 4) is 28.7 Å². The third-order valence-electron chi connectivity index (χ3n) is 11.3. The molecule has 0 saturated carbocycles. The molecule has 0 aliphatic heterocycles. The van der Waals surface area contributed by atoms with E-state index in [0.29, 0.717) is 0 Å². The largest absolute Gasteiger partial charge is 0.457 e. The second kappa shape index (κ2) is 13.5. The van der Waals surface area contributed by atoms with E-state index < -0.39 is 0 Å². The van der Waals surface area contributed by atoms with Crippen LogP contribution in [-0.2, 0) is 21.7 Å². The highest BCUT2D eigenvalue weighted by atomic mass is 16.5. The molecule has 57 heavy (non-hydrogen) atoms. The molecule has 3 aromatic heterocycles. The molecule has 0 amide bonds. The minimum Gasteiger partial charge on any atom is -0.457 e. The topological polar surface area (TPSA) is 35.9 Å². The molecule has 0 aliphatic carbocycles. The van der Waals surface area contributed by atoms with Crippen molar-refractivity contribution in [2.45, 2.75) is 105 Å². The average Bonchev–Trinajstić information content (AvgIpc) is 3.69. The second-order valence-electron chi connectivity index (χ2n) is 19.9. The molecule has 0 radical (unpaired) electrons. The number of hydrogen-bond acceptors (Lipinski definition) is 2. The van der Waals surface area contributed by atoms with E-state index in [1.54, 1.807) is 0 Å². The molecule has 0 N–H and O–H groups in total. The van der Waals surface area contributed by atoms with Gasteiger partial charge in [0, 0.05) is 29.1 Å². The molecule has 0 unspecified atom stereocenters. The lowest BCUT2D eigenvalue weighted by atomic mass is 9.80. The summed E-state index contributed by atoms with van der Waals surface area (Å²) in [5, 5.41) is 2.39. The van der Waals surface area contributed by atoms with Crippen molar-refractivity contribution >= 4 is 32.8 Å². The highest BCUT2D eigenvalue weighted by Gasteiger charge is 2.26. The van der Waals surface area contributed by atoms with Gasteiger partial charge in [-0.3, -0.25) is 4.57 Å². The summed E-state index contributed by atoms with van der Waals surface area (Å²) >= 11 is 0. The third-order valence-corrected chi connectivity index (χ3v) is 11.3. The molecular weight excluding hydrogens is 697 g/mol. The van der Waals surface area contributed by atoms with Crippen LogP contribution < -0.4 is 9.30 Å². The summed E-state index contributed by atoms with van der Waals surface area (Å²) in [6.07, 6.45) is 4.15. The smallest absolute Gasteiger partial charge is 0.255 e. The third kappa shape index (κ3) is 7.25. The van der Waals surface area contributed by atoms with Gasteiger partial charge in [-0.15, -0.1) is 0 Å². The first-order valence-electron chi connectivity index (χ1n) is 20.3. The van der Waals surface area contributed by atoms with Crippen LogP contribution >= 0.6 is 0 Å². The van der Waals surface area contributed by atoms with Crippen LogP contribution in [0.1, 0.15) is 105 Å². The Bertz CT molecular complexity index is 2770. The normalized spacial score (nSPS) is 12.9. The van der Waals surface area contributed by atoms with E-state index in [-0.39, 0.29) is 21.7 Å². The van der Waals surface area contributed by atoms with Gasteiger partial charge in [0.1, 0.15) is 28.7 Å². The molecule has 0 spiro atoms. The molecule has 290 valence electrons. The van der Waals surface area contributed by atoms with Crippen molar-refractivity contribution < 1.29 is 9.30 Å². The monoisotopic (exact) mass is 753 g/mol. The highest BCUT2D eigenvalue weighted by molar-refractivity contribution is 6.09. The Morgan fingerprint density at radius 1 is 0.491 bits per heavy atom. The minimum absolute atomic E-state index is 0.00864. The van der Waals surface area contributed by atoms with Crippen LogP contribution in [0.2, 0.25) is 0 Å². The summed E-state index contributed by atoms with van der Waals surface area (Å²) in [7, 11) is 0. The number of hydrogen-bond donors (Lipinski definition) is 0. The molecule has 0 fully saturated rings. The van der Waals surface area contributed by atoms with E-state index in [4.69, 9.17) is 9.72 Å². The van der Waals surface area contributed by atoms with Gasteiger partial charge >= 0.3 is 0 Å². The van der Waals surface area contributed by atoms with Crippen molar-refractivity contribution in [3.05, 3.63) is 150 Å². The SMILES string of the molecule is CC(C)(C)c1cc(-[n+]2cn(-c3cccc(Oc4ccc5c6cc(C(C)(C)C)ccc6n(-c6cc(C(C)(C)C)ccn6)c5c4)c3)c3ccccc32)cc(C(C)(C)C)c1. The Morgan fingerprint density at radius 2 is 1.14 bits per heavy atom. The zero-order valence-electron chi connectivity index (χ0n) is 35.8. The van der Waals surface area contributed by atoms with Crippen LogP contribution in [0.15, 0.2) is 128 Å². The number of rotatable bonds is 5. The Hall–Kier alpha value is -5.68. The highest BCUT2D eigenvalue weighted by Crippen LogP contribution is 2.38. The van der Waals surface area contributed by atoms with Crippen LogP contribution in [0, 0.1) is 0 Å². The van der Waals surface area contributed by atoms with Crippen molar-refractivity contribution in [2.24, 2.45) is 0 Å². The van der Waals surface area contributed by atoms with Gasteiger partial charge in [-0.25, -0.2) is 4.98 Å². The van der Waals surface area contributed by atoms with Crippen molar-refractivity contribution in [1.82, 2.24) is 14.1 Å². The fraction of sp³-hybridized carbons (Fsp3) is 0.308. The lowest BCUT2D eigenvalue weighted by Crippen LogP contribution is -2.31. The number of nitrogens with zero attached hydrogens (tertiary/aromatic N) is 4.